The van der Waals surface area contributed by atoms with E-state index in [0.717, 1.165) is 17.3 Å². The van der Waals surface area contributed by atoms with Crippen molar-refractivity contribution >= 4 is 57.8 Å². The van der Waals surface area contributed by atoms with Crippen LogP contribution in [-0.2, 0) is 9.53 Å². The van der Waals surface area contributed by atoms with Gasteiger partial charge < -0.3 is 14.5 Å². The molecule has 2 fully saturated rings. The fraction of sp³-hybridized carbons (Fsp3) is 0.348. The zero-order chi connectivity index (χ0) is 24.4. The molecule has 4 rings (SSSR count). The SMILES string of the molecule is C=CCN1C(=O)/C(=C/c2c(N3CCN(C(=O)OCC)CC3)nc3c(C)cccn3c2=O)SC1=S. The van der Waals surface area contributed by atoms with E-state index in [4.69, 9.17) is 21.9 Å². The number of carbonyl (C=O) groups is 2. The average molecular weight is 500 g/mol. The fourth-order valence-corrected chi connectivity index (χ4v) is 5.16. The van der Waals surface area contributed by atoms with Crippen molar-refractivity contribution in [2.75, 3.05) is 44.2 Å². The molecular weight excluding hydrogens is 474 g/mol. The van der Waals surface area contributed by atoms with E-state index in [9.17, 15) is 14.4 Å². The lowest BCUT2D eigenvalue weighted by Crippen LogP contribution is -2.49. The molecule has 0 aromatic carbocycles. The largest absolute Gasteiger partial charge is 0.450 e. The highest BCUT2D eigenvalue weighted by Crippen LogP contribution is 2.33. The second-order valence-corrected chi connectivity index (χ2v) is 9.47. The predicted octanol–water partition coefficient (Wildman–Crippen LogP) is 2.67. The number of nitrogens with zero attached hydrogens (tertiary/aromatic N) is 5. The van der Waals surface area contributed by atoms with Crippen molar-refractivity contribution in [3.8, 4) is 0 Å². The number of thioether (sulfide) groups is 1. The Balaban J connectivity index is 1.77. The van der Waals surface area contributed by atoms with Crippen LogP contribution in [0.4, 0.5) is 10.6 Å². The topological polar surface area (TPSA) is 87.5 Å². The number of pyridine rings is 1. The Hall–Kier alpha value is -3.18. The number of hydrogen-bond acceptors (Lipinski definition) is 8. The van der Waals surface area contributed by atoms with Crippen LogP contribution in [0.3, 0.4) is 0 Å². The predicted molar refractivity (Wildman–Crippen MR) is 137 cm³/mol. The molecule has 0 saturated carbocycles. The quantitative estimate of drug-likeness (QED) is 0.353. The number of amides is 2. The molecule has 2 saturated heterocycles. The molecule has 0 bridgehead atoms. The van der Waals surface area contributed by atoms with E-state index in [0.29, 0.717) is 65.6 Å². The number of hydrogen-bond donors (Lipinski definition) is 0. The van der Waals surface area contributed by atoms with E-state index < -0.39 is 0 Å². The molecule has 0 spiro atoms. The van der Waals surface area contributed by atoms with E-state index in [1.165, 1.54) is 9.30 Å². The number of aryl methyl sites for hydroxylation is 1. The van der Waals surface area contributed by atoms with Crippen LogP contribution in [0.25, 0.3) is 11.7 Å². The number of piperazine rings is 1. The molecule has 2 aromatic heterocycles. The van der Waals surface area contributed by atoms with Gasteiger partial charge in [-0.05, 0) is 31.6 Å². The van der Waals surface area contributed by atoms with Gasteiger partial charge >= 0.3 is 6.09 Å². The van der Waals surface area contributed by atoms with Crippen molar-refractivity contribution < 1.29 is 14.3 Å². The zero-order valence-corrected chi connectivity index (χ0v) is 20.7. The Kier molecular flexibility index (Phi) is 7.03. The second-order valence-electron chi connectivity index (χ2n) is 7.79. The molecule has 9 nitrogen and oxygen atoms in total. The maximum atomic E-state index is 13.6. The Labute approximate surface area is 206 Å². The molecule has 34 heavy (non-hydrogen) atoms. The van der Waals surface area contributed by atoms with Gasteiger partial charge in [-0.25, -0.2) is 9.78 Å². The molecule has 0 aliphatic carbocycles. The molecule has 0 N–H and O–H groups in total. The second kappa shape index (κ2) is 9.98. The van der Waals surface area contributed by atoms with Crippen LogP contribution in [0.2, 0.25) is 0 Å². The summed E-state index contributed by atoms with van der Waals surface area (Å²) in [6.45, 7) is 9.79. The normalized spacial score (nSPS) is 17.7. The summed E-state index contributed by atoms with van der Waals surface area (Å²) >= 11 is 6.50. The van der Waals surface area contributed by atoms with E-state index in [-0.39, 0.29) is 17.6 Å². The highest BCUT2D eigenvalue weighted by Gasteiger charge is 2.32. The van der Waals surface area contributed by atoms with Crippen molar-refractivity contribution in [3.63, 3.8) is 0 Å². The monoisotopic (exact) mass is 499 g/mol. The molecule has 0 radical (unpaired) electrons. The molecule has 178 valence electrons. The molecule has 4 heterocycles. The number of ether oxygens (including phenoxy) is 1. The van der Waals surface area contributed by atoms with Gasteiger partial charge in [0.25, 0.3) is 11.5 Å². The summed E-state index contributed by atoms with van der Waals surface area (Å²) in [6.07, 6.45) is 4.51. The van der Waals surface area contributed by atoms with Crippen LogP contribution >= 0.6 is 24.0 Å². The van der Waals surface area contributed by atoms with Crippen molar-refractivity contribution in [2.24, 2.45) is 0 Å². The van der Waals surface area contributed by atoms with Gasteiger partial charge in [0.15, 0.2) is 0 Å². The van der Waals surface area contributed by atoms with Crippen molar-refractivity contribution in [3.05, 3.63) is 57.4 Å². The lowest BCUT2D eigenvalue weighted by atomic mass is 10.2. The zero-order valence-electron chi connectivity index (χ0n) is 19.0. The van der Waals surface area contributed by atoms with Crippen molar-refractivity contribution in [1.82, 2.24) is 19.2 Å². The van der Waals surface area contributed by atoms with Crippen LogP contribution in [0.15, 0.2) is 40.7 Å². The van der Waals surface area contributed by atoms with E-state index in [1.807, 2.05) is 17.9 Å². The van der Waals surface area contributed by atoms with Gasteiger partial charge in [0.05, 0.1) is 17.1 Å². The first-order valence-corrected chi connectivity index (χ1v) is 12.1. The maximum Gasteiger partial charge on any atom is 0.409 e. The molecule has 2 aliphatic heterocycles. The van der Waals surface area contributed by atoms with Crippen molar-refractivity contribution in [2.45, 2.75) is 13.8 Å². The highest BCUT2D eigenvalue weighted by molar-refractivity contribution is 8.26. The maximum absolute atomic E-state index is 13.6. The minimum absolute atomic E-state index is 0.262. The molecule has 11 heteroatoms. The highest BCUT2D eigenvalue weighted by atomic mass is 32.2. The molecule has 2 aromatic rings. The Bertz CT molecular complexity index is 1260. The van der Waals surface area contributed by atoms with Crippen LogP contribution in [0, 0.1) is 6.92 Å². The molecular formula is C23H25N5O4S2. The molecule has 0 unspecified atom stereocenters. The number of rotatable bonds is 5. The van der Waals surface area contributed by atoms with E-state index in [2.05, 4.69) is 6.58 Å². The number of aromatic nitrogens is 2. The summed E-state index contributed by atoms with van der Waals surface area (Å²) in [5, 5.41) is 0. The van der Waals surface area contributed by atoms with Gasteiger partial charge in [-0.2, -0.15) is 0 Å². The van der Waals surface area contributed by atoms with Crippen molar-refractivity contribution in [1.29, 1.82) is 0 Å². The standard InChI is InChI=1S/C23H25N5O4S2/c1-4-8-28-21(30)17(34-23(28)33)14-16-19(24-18-15(3)7-6-9-27(18)20(16)29)25-10-12-26(13-11-25)22(31)32-5-2/h4,6-7,9,14H,1,5,8,10-13H2,2-3H3/b17-14-. The number of fused-ring (bicyclic) bond motifs is 1. The molecule has 2 amide bonds. The van der Waals surface area contributed by atoms with Gasteiger partial charge in [-0.15, -0.1) is 6.58 Å². The third kappa shape index (κ3) is 4.45. The molecule has 2 aliphatic rings. The minimum atomic E-state index is -0.351. The first-order chi connectivity index (χ1) is 16.3. The summed E-state index contributed by atoms with van der Waals surface area (Å²) in [5.41, 5.74) is 1.44. The fourth-order valence-electron chi connectivity index (χ4n) is 3.90. The summed E-state index contributed by atoms with van der Waals surface area (Å²) in [7, 11) is 0. The summed E-state index contributed by atoms with van der Waals surface area (Å²) < 4.78 is 7.02. The van der Waals surface area contributed by atoms with Crippen LogP contribution in [0.1, 0.15) is 18.1 Å². The van der Waals surface area contributed by atoms with Gasteiger partial charge in [-0.1, -0.05) is 36.1 Å². The lowest BCUT2D eigenvalue weighted by molar-refractivity contribution is -0.121. The smallest absolute Gasteiger partial charge is 0.409 e. The Morgan fingerprint density at radius 2 is 2.03 bits per heavy atom. The van der Waals surface area contributed by atoms with Gasteiger partial charge in [0, 0.05) is 38.9 Å². The summed E-state index contributed by atoms with van der Waals surface area (Å²) in [6, 6.07) is 3.68. The van der Waals surface area contributed by atoms with E-state index in [1.54, 1.807) is 36.2 Å². The minimum Gasteiger partial charge on any atom is -0.450 e. The van der Waals surface area contributed by atoms with E-state index >= 15 is 0 Å². The average Bonchev–Trinajstić information content (AvgIpc) is 3.09. The van der Waals surface area contributed by atoms with Gasteiger partial charge in [-0.3, -0.25) is 18.9 Å². The third-order valence-corrected chi connectivity index (χ3v) is 7.01. The van der Waals surface area contributed by atoms with Crippen LogP contribution < -0.4 is 10.5 Å². The number of carbonyl (C=O) groups excluding carboxylic acids is 2. The number of thiocarbonyl (C=S) groups is 1. The Morgan fingerprint density at radius 1 is 1.29 bits per heavy atom. The first-order valence-electron chi connectivity index (χ1n) is 10.9. The Morgan fingerprint density at radius 3 is 2.71 bits per heavy atom. The third-order valence-electron chi connectivity index (χ3n) is 5.63. The van der Waals surface area contributed by atoms with Gasteiger partial charge in [0.1, 0.15) is 15.8 Å². The summed E-state index contributed by atoms with van der Waals surface area (Å²) in [5.74, 6) is 0.221. The summed E-state index contributed by atoms with van der Waals surface area (Å²) in [4.78, 5) is 48.8. The first kappa shape index (κ1) is 24.0. The lowest BCUT2D eigenvalue weighted by Gasteiger charge is -2.35. The van der Waals surface area contributed by atoms with Crippen LogP contribution in [-0.4, -0.2) is 74.8 Å². The van der Waals surface area contributed by atoms with Gasteiger partial charge in [0.2, 0.25) is 0 Å². The van der Waals surface area contributed by atoms with Crippen LogP contribution in [0.5, 0.6) is 0 Å². The number of anilines is 1. The molecule has 0 atom stereocenters.